The second-order valence-electron chi connectivity index (χ2n) is 5.35. The standard InChI is InChI=1S/C15H16BrN3O2/c16-12-3-1-2-10-11(6-13(20)18-14(10)12)15(21)19-5-4-9(7-17)8-19/h1-3,6,9H,4-5,7-8,17H2,(H,18,20)/t9-/m1/s1. The van der Waals surface area contributed by atoms with E-state index in [0.29, 0.717) is 36.6 Å². The molecule has 1 atom stereocenters. The Labute approximate surface area is 130 Å². The summed E-state index contributed by atoms with van der Waals surface area (Å²) in [5.41, 5.74) is 6.51. The van der Waals surface area contributed by atoms with E-state index in [0.717, 1.165) is 16.3 Å². The summed E-state index contributed by atoms with van der Waals surface area (Å²) in [6.07, 6.45) is 0.924. The van der Waals surface area contributed by atoms with Crippen LogP contribution in [0.25, 0.3) is 10.9 Å². The molecule has 2 heterocycles. The number of aromatic amines is 1. The number of amides is 1. The third-order valence-electron chi connectivity index (χ3n) is 3.96. The number of likely N-dealkylation sites (tertiary alicyclic amines) is 1. The summed E-state index contributed by atoms with van der Waals surface area (Å²) >= 11 is 3.41. The molecule has 0 bridgehead atoms. The molecule has 0 unspecified atom stereocenters. The van der Waals surface area contributed by atoms with E-state index in [1.807, 2.05) is 18.2 Å². The van der Waals surface area contributed by atoms with Gasteiger partial charge in [-0.15, -0.1) is 0 Å². The molecule has 1 saturated heterocycles. The molecule has 3 rings (SSSR count). The molecule has 0 aliphatic carbocycles. The van der Waals surface area contributed by atoms with Crippen LogP contribution >= 0.6 is 15.9 Å². The van der Waals surface area contributed by atoms with E-state index < -0.39 is 0 Å². The minimum Gasteiger partial charge on any atom is -0.338 e. The lowest BCUT2D eigenvalue weighted by Gasteiger charge is -2.17. The highest BCUT2D eigenvalue weighted by atomic mass is 79.9. The molecule has 110 valence electrons. The van der Waals surface area contributed by atoms with Crippen LogP contribution in [-0.4, -0.2) is 35.4 Å². The lowest BCUT2D eigenvalue weighted by molar-refractivity contribution is 0.0789. The summed E-state index contributed by atoms with van der Waals surface area (Å²) in [5.74, 6) is 0.258. The Bertz CT molecular complexity index is 756. The first-order valence-electron chi connectivity index (χ1n) is 6.91. The molecule has 6 heteroatoms. The molecule has 1 aliphatic rings. The molecule has 21 heavy (non-hydrogen) atoms. The van der Waals surface area contributed by atoms with Gasteiger partial charge in [0.15, 0.2) is 0 Å². The van der Waals surface area contributed by atoms with E-state index in [2.05, 4.69) is 20.9 Å². The Kier molecular flexibility index (Phi) is 3.82. The van der Waals surface area contributed by atoms with Crippen molar-refractivity contribution in [3.8, 4) is 0 Å². The Balaban J connectivity index is 2.06. The minimum absolute atomic E-state index is 0.0971. The van der Waals surface area contributed by atoms with Crippen molar-refractivity contribution < 1.29 is 4.79 Å². The van der Waals surface area contributed by atoms with Gasteiger partial charge in [-0.2, -0.15) is 0 Å². The van der Waals surface area contributed by atoms with Crippen molar-refractivity contribution in [1.82, 2.24) is 9.88 Å². The predicted molar refractivity (Wildman–Crippen MR) is 85.3 cm³/mol. The molecular formula is C15H16BrN3O2. The fourth-order valence-electron chi connectivity index (χ4n) is 2.80. The average molecular weight is 350 g/mol. The number of hydrogen-bond acceptors (Lipinski definition) is 3. The molecule has 1 fully saturated rings. The lowest BCUT2D eigenvalue weighted by atomic mass is 10.1. The Morgan fingerprint density at radius 2 is 2.29 bits per heavy atom. The van der Waals surface area contributed by atoms with Gasteiger partial charge in [-0.05, 0) is 40.9 Å². The number of benzene rings is 1. The number of hydrogen-bond donors (Lipinski definition) is 2. The number of carbonyl (C=O) groups is 1. The zero-order chi connectivity index (χ0) is 15.0. The molecule has 5 nitrogen and oxygen atoms in total. The highest BCUT2D eigenvalue weighted by Gasteiger charge is 2.27. The quantitative estimate of drug-likeness (QED) is 0.866. The number of fused-ring (bicyclic) bond motifs is 1. The number of carbonyl (C=O) groups excluding carboxylic acids is 1. The summed E-state index contributed by atoms with van der Waals surface area (Å²) in [7, 11) is 0. The van der Waals surface area contributed by atoms with Crippen LogP contribution < -0.4 is 11.3 Å². The molecule has 1 aromatic carbocycles. The van der Waals surface area contributed by atoms with Gasteiger partial charge in [0.25, 0.3) is 5.91 Å². The van der Waals surface area contributed by atoms with E-state index in [4.69, 9.17) is 5.73 Å². The van der Waals surface area contributed by atoms with Gasteiger partial charge in [-0.1, -0.05) is 12.1 Å². The summed E-state index contributed by atoms with van der Waals surface area (Å²) in [5, 5.41) is 0.755. The van der Waals surface area contributed by atoms with E-state index >= 15 is 0 Å². The van der Waals surface area contributed by atoms with Crippen molar-refractivity contribution in [3.63, 3.8) is 0 Å². The number of nitrogens with one attached hydrogen (secondary N) is 1. The van der Waals surface area contributed by atoms with Crippen molar-refractivity contribution in [2.24, 2.45) is 11.7 Å². The number of pyridine rings is 1. The van der Waals surface area contributed by atoms with Crippen LogP contribution in [0.5, 0.6) is 0 Å². The van der Waals surface area contributed by atoms with E-state index in [-0.39, 0.29) is 11.5 Å². The van der Waals surface area contributed by atoms with Crippen LogP contribution in [0, 0.1) is 5.92 Å². The molecule has 1 aromatic heterocycles. The summed E-state index contributed by atoms with van der Waals surface area (Å²) in [6.45, 7) is 1.95. The maximum atomic E-state index is 12.7. The first-order chi connectivity index (χ1) is 10.1. The summed E-state index contributed by atoms with van der Waals surface area (Å²) in [6, 6.07) is 6.92. The van der Waals surface area contributed by atoms with E-state index in [1.165, 1.54) is 6.07 Å². The van der Waals surface area contributed by atoms with Gasteiger partial charge in [-0.25, -0.2) is 0 Å². The Morgan fingerprint density at radius 3 is 3.00 bits per heavy atom. The number of rotatable bonds is 2. The SMILES string of the molecule is NC[C@H]1CCN(C(=O)c2cc(=O)[nH]c3c(Br)cccc23)C1. The summed E-state index contributed by atoms with van der Waals surface area (Å²) < 4.78 is 0.771. The predicted octanol–water partition coefficient (Wildman–Crippen LogP) is 1.71. The van der Waals surface area contributed by atoms with Crippen molar-refractivity contribution >= 4 is 32.7 Å². The van der Waals surface area contributed by atoms with Gasteiger partial charge >= 0.3 is 0 Å². The zero-order valence-corrected chi connectivity index (χ0v) is 13.0. The first-order valence-corrected chi connectivity index (χ1v) is 7.70. The number of nitrogens with zero attached hydrogens (tertiary/aromatic N) is 1. The van der Waals surface area contributed by atoms with Gasteiger partial charge in [0.2, 0.25) is 5.56 Å². The van der Waals surface area contributed by atoms with Gasteiger partial charge in [0, 0.05) is 29.0 Å². The van der Waals surface area contributed by atoms with Crippen LogP contribution in [0.1, 0.15) is 16.8 Å². The Morgan fingerprint density at radius 1 is 1.48 bits per heavy atom. The maximum Gasteiger partial charge on any atom is 0.254 e. The smallest absolute Gasteiger partial charge is 0.254 e. The number of para-hydroxylation sites is 1. The average Bonchev–Trinajstić information content (AvgIpc) is 2.96. The molecule has 0 saturated carbocycles. The van der Waals surface area contributed by atoms with E-state index in [1.54, 1.807) is 4.90 Å². The molecule has 2 aromatic rings. The van der Waals surface area contributed by atoms with Gasteiger partial charge in [-0.3, -0.25) is 9.59 Å². The van der Waals surface area contributed by atoms with Crippen LogP contribution in [0.2, 0.25) is 0 Å². The zero-order valence-electron chi connectivity index (χ0n) is 11.4. The summed E-state index contributed by atoms with van der Waals surface area (Å²) in [4.78, 5) is 29.1. The van der Waals surface area contributed by atoms with Gasteiger partial charge in [0.1, 0.15) is 0 Å². The first kappa shape index (κ1) is 14.3. The van der Waals surface area contributed by atoms with Gasteiger partial charge < -0.3 is 15.6 Å². The van der Waals surface area contributed by atoms with Crippen LogP contribution in [0.3, 0.4) is 0 Å². The van der Waals surface area contributed by atoms with Gasteiger partial charge in [0.05, 0.1) is 11.1 Å². The normalized spacial score (nSPS) is 18.4. The van der Waals surface area contributed by atoms with Crippen molar-refractivity contribution in [2.75, 3.05) is 19.6 Å². The lowest BCUT2D eigenvalue weighted by Crippen LogP contribution is -2.30. The van der Waals surface area contributed by atoms with E-state index in [9.17, 15) is 9.59 Å². The molecule has 0 radical (unpaired) electrons. The van der Waals surface area contributed by atoms with Crippen molar-refractivity contribution in [2.45, 2.75) is 6.42 Å². The minimum atomic E-state index is -0.271. The Hall–Kier alpha value is -1.66. The molecule has 1 aliphatic heterocycles. The second kappa shape index (κ2) is 5.61. The third-order valence-corrected chi connectivity index (χ3v) is 4.63. The largest absolute Gasteiger partial charge is 0.338 e. The maximum absolute atomic E-state index is 12.7. The van der Waals surface area contributed by atoms with Crippen LogP contribution in [-0.2, 0) is 0 Å². The number of H-pyrrole nitrogens is 1. The third kappa shape index (κ3) is 2.61. The molecule has 0 spiro atoms. The molecule has 1 amide bonds. The second-order valence-corrected chi connectivity index (χ2v) is 6.21. The molecular weight excluding hydrogens is 334 g/mol. The van der Waals surface area contributed by atoms with Crippen molar-refractivity contribution in [3.05, 3.63) is 44.7 Å². The fourth-order valence-corrected chi connectivity index (χ4v) is 3.27. The highest BCUT2D eigenvalue weighted by molar-refractivity contribution is 9.10. The number of aromatic nitrogens is 1. The monoisotopic (exact) mass is 349 g/mol. The van der Waals surface area contributed by atoms with Crippen LogP contribution in [0.15, 0.2) is 33.5 Å². The number of halogens is 1. The van der Waals surface area contributed by atoms with Crippen LogP contribution in [0.4, 0.5) is 0 Å². The topological polar surface area (TPSA) is 79.2 Å². The molecule has 3 N–H and O–H groups in total. The van der Waals surface area contributed by atoms with Crippen molar-refractivity contribution in [1.29, 1.82) is 0 Å². The fraction of sp³-hybridized carbons (Fsp3) is 0.333. The number of nitrogens with two attached hydrogens (primary N) is 1. The highest BCUT2D eigenvalue weighted by Crippen LogP contribution is 2.25.